The monoisotopic (exact) mass is 290 g/mol. The number of hydrogen-bond acceptors (Lipinski definition) is 2. The highest BCUT2D eigenvalue weighted by Gasteiger charge is 2.05. The molecule has 0 saturated carbocycles. The zero-order valence-electron chi connectivity index (χ0n) is 9.06. The molecule has 1 N–H and O–H groups in total. The van der Waals surface area contributed by atoms with Crippen LogP contribution in [-0.2, 0) is 5.33 Å². The molecule has 86 valence electrons. The molecule has 1 amide bonds. The number of rotatable bonds is 3. The molecule has 1 aromatic carbocycles. The van der Waals surface area contributed by atoms with Gasteiger partial charge in [0.25, 0.3) is 5.91 Å². The summed E-state index contributed by atoms with van der Waals surface area (Å²) < 4.78 is 0. The zero-order chi connectivity index (χ0) is 12.1. The van der Waals surface area contributed by atoms with E-state index in [4.69, 9.17) is 0 Å². The Hall–Kier alpha value is -1.68. The minimum Gasteiger partial charge on any atom is -0.322 e. The van der Waals surface area contributed by atoms with Gasteiger partial charge in [0.05, 0.1) is 0 Å². The summed E-state index contributed by atoms with van der Waals surface area (Å²) in [7, 11) is 0. The third-order valence-electron chi connectivity index (χ3n) is 2.31. The van der Waals surface area contributed by atoms with Crippen LogP contribution in [0.2, 0.25) is 0 Å². The van der Waals surface area contributed by atoms with E-state index in [1.165, 1.54) is 0 Å². The van der Waals surface area contributed by atoms with Gasteiger partial charge in [-0.3, -0.25) is 9.78 Å². The SMILES string of the molecule is O=C(Nc1ccncc1)c1ccc(CBr)cc1. The van der Waals surface area contributed by atoms with Crippen molar-refractivity contribution in [3.05, 3.63) is 59.9 Å². The number of alkyl halides is 1. The highest BCUT2D eigenvalue weighted by Crippen LogP contribution is 2.10. The van der Waals surface area contributed by atoms with Crippen molar-refractivity contribution < 1.29 is 4.79 Å². The predicted molar refractivity (Wildman–Crippen MR) is 71.3 cm³/mol. The molecule has 0 bridgehead atoms. The molecule has 17 heavy (non-hydrogen) atoms. The summed E-state index contributed by atoms with van der Waals surface area (Å²) in [4.78, 5) is 15.8. The average molecular weight is 291 g/mol. The van der Waals surface area contributed by atoms with Crippen molar-refractivity contribution >= 4 is 27.5 Å². The van der Waals surface area contributed by atoms with Crippen LogP contribution in [0, 0.1) is 0 Å². The Morgan fingerprint density at radius 1 is 1.12 bits per heavy atom. The molecule has 0 atom stereocenters. The Balaban J connectivity index is 2.09. The topological polar surface area (TPSA) is 42.0 Å². The molecular weight excluding hydrogens is 280 g/mol. The fourth-order valence-corrected chi connectivity index (χ4v) is 1.76. The maximum atomic E-state index is 11.9. The van der Waals surface area contributed by atoms with E-state index < -0.39 is 0 Å². The summed E-state index contributed by atoms with van der Waals surface area (Å²) in [5.74, 6) is -0.114. The molecule has 4 heteroatoms. The minimum absolute atomic E-state index is 0.114. The third kappa shape index (κ3) is 3.14. The average Bonchev–Trinajstić information content (AvgIpc) is 2.40. The van der Waals surface area contributed by atoms with Crippen molar-refractivity contribution in [2.45, 2.75) is 5.33 Å². The first-order valence-electron chi connectivity index (χ1n) is 5.16. The molecule has 0 spiro atoms. The molecule has 0 aliphatic rings. The van der Waals surface area contributed by atoms with Crippen LogP contribution in [0.4, 0.5) is 5.69 Å². The van der Waals surface area contributed by atoms with Gasteiger partial charge in [0.2, 0.25) is 0 Å². The van der Waals surface area contributed by atoms with E-state index in [0.29, 0.717) is 5.56 Å². The first kappa shape index (κ1) is 11.8. The molecule has 0 fully saturated rings. The molecule has 0 unspecified atom stereocenters. The van der Waals surface area contributed by atoms with Crippen LogP contribution in [0.5, 0.6) is 0 Å². The van der Waals surface area contributed by atoms with Crippen LogP contribution >= 0.6 is 15.9 Å². The van der Waals surface area contributed by atoms with Crippen molar-refractivity contribution in [3.8, 4) is 0 Å². The minimum atomic E-state index is -0.114. The molecule has 3 nitrogen and oxygen atoms in total. The van der Waals surface area contributed by atoms with Gasteiger partial charge in [0.15, 0.2) is 0 Å². The van der Waals surface area contributed by atoms with E-state index in [0.717, 1.165) is 16.6 Å². The lowest BCUT2D eigenvalue weighted by molar-refractivity contribution is 0.102. The molecule has 0 radical (unpaired) electrons. The van der Waals surface area contributed by atoms with Crippen molar-refractivity contribution in [2.24, 2.45) is 0 Å². The van der Waals surface area contributed by atoms with Crippen molar-refractivity contribution in [3.63, 3.8) is 0 Å². The van der Waals surface area contributed by atoms with Gasteiger partial charge in [-0.1, -0.05) is 28.1 Å². The van der Waals surface area contributed by atoms with E-state index in [1.807, 2.05) is 24.3 Å². The lowest BCUT2D eigenvalue weighted by Gasteiger charge is -2.05. The molecular formula is C13H11BrN2O. The van der Waals surface area contributed by atoms with Gasteiger partial charge in [-0.15, -0.1) is 0 Å². The fourth-order valence-electron chi connectivity index (χ4n) is 1.38. The highest BCUT2D eigenvalue weighted by molar-refractivity contribution is 9.08. The van der Waals surface area contributed by atoms with Gasteiger partial charge in [0.1, 0.15) is 0 Å². The molecule has 1 aromatic heterocycles. The van der Waals surface area contributed by atoms with Crippen LogP contribution in [-0.4, -0.2) is 10.9 Å². The van der Waals surface area contributed by atoms with Gasteiger partial charge in [-0.2, -0.15) is 0 Å². The van der Waals surface area contributed by atoms with Crippen LogP contribution < -0.4 is 5.32 Å². The standard InChI is InChI=1S/C13H11BrN2O/c14-9-10-1-3-11(4-2-10)13(17)16-12-5-7-15-8-6-12/h1-8H,9H2,(H,15,16,17). The number of carbonyl (C=O) groups excluding carboxylic acids is 1. The number of halogens is 1. The second-order valence-electron chi connectivity index (χ2n) is 3.52. The van der Waals surface area contributed by atoms with Crippen LogP contribution in [0.15, 0.2) is 48.8 Å². The predicted octanol–water partition coefficient (Wildman–Crippen LogP) is 3.23. The number of nitrogens with one attached hydrogen (secondary N) is 1. The van der Waals surface area contributed by atoms with Crippen molar-refractivity contribution in [1.82, 2.24) is 4.98 Å². The fraction of sp³-hybridized carbons (Fsp3) is 0.0769. The number of pyridine rings is 1. The Kier molecular flexibility index (Phi) is 3.88. The Labute approximate surface area is 108 Å². The van der Waals surface area contributed by atoms with Crippen LogP contribution in [0.25, 0.3) is 0 Å². The Bertz CT molecular complexity index is 497. The lowest BCUT2D eigenvalue weighted by Crippen LogP contribution is -2.11. The largest absolute Gasteiger partial charge is 0.322 e. The van der Waals surface area contributed by atoms with E-state index in [9.17, 15) is 4.79 Å². The summed E-state index contributed by atoms with van der Waals surface area (Å²) in [5, 5.41) is 3.60. The number of carbonyl (C=O) groups is 1. The van der Waals surface area contributed by atoms with E-state index >= 15 is 0 Å². The number of aromatic nitrogens is 1. The lowest BCUT2D eigenvalue weighted by atomic mass is 10.1. The van der Waals surface area contributed by atoms with E-state index in [1.54, 1.807) is 24.5 Å². The molecule has 0 saturated heterocycles. The maximum absolute atomic E-state index is 11.9. The smallest absolute Gasteiger partial charge is 0.255 e. The van der Waals surface area contributed by atoms with E-state index in [-0.39, 0.29) is 5.91 Å². The molecule has 2 rings (SSSR count). The number of benzene rings is 1. The number of amides is 1. The van der Waals surface area contributed by atoms with Crippen LogP contribution in [0.3, 0.4) is 0 Å². The summed E-state index contributed by atoms with van der Waals surface area (Å²) in [6.45, 7) is 0. The third-order valence-corrected chi connectivity index (χ3v) is 2.96. The van der Waals surface area contributed by atoms with E-state index in [2.05, 4.69) is 26.2 Å². The normalized spacial score (nSPS) is 9.94. The number of nitrogens with zero attached hydrogens (tertiary/aromatic N) is 1. The summed E-state index contributed by atoms with van der Waals surface area (Å²) in [6, 6.07) is 11.0. The molecule has 1 heterocycles. The Morgan fingerprint density at radius 3 is 2.35 bits per heavy atom. The quantitative estimate of drug-likeness (QED) is 0.882. The maximum Gasteiger partial charge on any atom is 0.255 e. The van der Waals surface area contributed by atoms with Gasteiger partial charge >= 0.3 is 0 Å². The molecule has 0 aliphatic heterocycles. The first-order valence-corrected chi connectivity index (χ1v) is 6.28. The van der Waals surface area contributed by atoms with Crippen molar-refractivity contribution in [2.75, 3.05) is 5.32 Å². The summed E-state index contributed by atoms with van der Waals surface area (Å²) >= 11 is 3.37. The second kappa shape index (κ2) is 5.59. The van der Waals surface area contributed by atoms with Gasteiger partial charge in [0, 0.05) is 29.0 Å². The summed E-state index contributed by atoms with van der Waals surface area (Å²) in [6.07, 6.45) is 3.28. The summed E-state index contributed by atoms with van der Waals surface area (Å²) in [5.41, 5.74) is 2.53. The highest BCUT2D eigenvalue weighted by atomic mass is 79.9. The molecule has 0 aliphatic carbocycles. The van der Waals surface area contributed by atoms with Gasteiger partial charge in [-0.25, -0.2) is 0 Å². The first-order chi connectivity index (χ1) is 8.29. The number of hydrogen-bond donors (Lipinski definition) is 1. The number of anilines is 1. The van der Waals surface area contributed by atoms with Gasteiger partial charge < -0.3 is 5.32 Å². The van der Waals surface area contributed by atoms with Crippen molar-refractivity contribution in [1.29, 1.82) is 0 Å². The molecule has 2 aromatic rings. The zero-order valence-corrected chi connectivity index (χ0v) is 10.6. The van der Waals surface area contributed by atoms with Gasteiger partial charge in [-0.05, 0) is 29.8 Å². The van der Waals surface area contributed by atoms with Crippen LogP contribution in [0.1, 0.15) is 15.9 Å². The Morgan fingerprint density at radius 2 is 1.76 bits per heavy atom. The second-order valence-corrected chi connectivity index (χ2v) is 4.08.